The van der Waals surface area contributed by atoms with E-state index in [1.807, 2.05) is 13.8 Å². The number of halogens is 5. The van der Waals surface area contributed by atoms with Gasteiger partial charge in [0, 0.05) is 25.3 Å². The van der Waals surface area contributed by atoms with E-state index in [0.29, 0.717) is 31.9 Å². The molecule has 1 fully saturated rings. The van der Waals surface area contributed by atoms with Crippen LogP contribution in [-0.4, -0.2) is 43.2 Å². The lowest BCUT2D eigenvalue weighted by Gasteiger charge is -2.37. The lowest BCUT2D eigenvalue weighted by molar-refractivity contribution is -0.137. The highest BCUT2D eigenvalue weighted by Crippen LogP contribution is 2.32. The number of benzene rings is 1. The van der Waals surface area contributed by atoms with Crippen LogP contribution in [0.1, 0.15) is 37.8 Å². The maximum atomic E-state index is 13.1. The molecule has 1 aliphatic rings. The number of rotatable bonds is 7. The van der Waals surface area contributed by atoms with Gasteiger partial charge in [-0.3, -0.25) is 9.69 Å². The quantitative estimate of drug-likeness (QED) is 0.644. The molecule has 10 heteroatoms. The molecule has 1 aromatic rings. The molecule has 1 aliphatic heterocycles. The number of anilines is 1. The van der Waals surface area contributed by atoms with Crippen LogP contribution in [0.2, 0.25) is 0 Å². The number of ether oxygens (including phenoxy) is 1. The fraction of sp³-hybridized carbons (Fsp3) is 0.632. The van der Waals surface area contributed by atoms with E-state index in [-0.39, 0.29) is 48.9 Å². The summed E-state index contributed by atoms with van der Waals surface area (Å²) < 4.78 is 44.8. The second-order valence-electron chi connectivity index (χ2n) is 6.78. The molecule has 29 heavy (non-hydrogen) atoms. The predicted molar refractivity (Wildman–Crippen MR) is 113 cm³/mol. The van der Waals surface area contributed by atoms with Gasteiger partial charge in [-0.1, -0.05) is 26.7 Å². The van der Waals surface area contributed by atoms with Crippen molar-refractivity contribution in [3.8, 4) is 0 Å². The molecule has 1 aromatic carbocycles. The van der Waals surface area contributed by atoms with Crippen LogP contribution in [0.25, 0.3) is 0 Å². The normalized spacial score (nSPS) is 16.0. The Morgan fingerprint density at radius 3 is 2.24 bits per heavy atom. The van der Waals surface area contributed by atoms with Crippen molar-refractivity contribution < 1.29 is 22.7 Å². The largest absolute Gasteiger partial charge is 0.416 e. The number of morpholine rings is 1. The van der Waals surface area contributed by atoms with E-state index in [0.717, 1.165) is 25.0 Å². The van der Waals surface area contributed by atoms with Crippen molar-refractivity contribution in [2.75, 3.05) is 31.6 Å². The predicted octanol–water partition coefficient (Wildman–Crippen LogP) is 4.08. The van der Waals surface area contributed by atoms with E-state index in [2.05, 4.69) is 10.2 Å². The van der Waals surface area contributed by atoms with Crippen molar-refractivity contribution >= 4 is 36.4 Å². The minimum Gasteiger partial charge on any atom is -0.379 e. The summed E-state index contributed by atoms with van der Waals surface area (Å²) in [7, 11) is 0. The van der Waals surface area contributed by atoms with Crippen molar-refractivity contribution in [1.29, 1.82) is 0 Å². The van der Waals surface area contributed by atoms with Crippen LogP contribution in [-0.2, 0) is 22.3 Å². The van der Waals surface area contributed by atoms with E-state index in [9.17, 15) is 18.0 Å². The van der Waals surface area contributed by atoms with Gasteiger partial charge in [0.05, 0.1) is 24.8 Å². The Hall–Kier alpha value is -1.06. The smallest absolute Gasteiger partial charge is 0.379 e. The summed E-state index contributed by atoms with van der Waals surface area (Å²) >= 11 is 0. The second-order valence-corrected chi connectivity index (χ2v) is 6.78. The van der Waals surface area contributed by atoms with Crippen molar-refractivity contribution in [2.45, 2.75) is 45.5 Å². The average Bonchev–Trinajstić information content (AvgIpc) is 2.65. The van der Waals surface area contributed by atoms with E-state index in [4.69, 9.17) is 10.5 Å². The van der Waals surface area contributed by atoms with Gasteiger partial charge in [-0.25, -0.2) is 0 Å². The molecule has 1 amide bonds. The number of nitrogens with one attached hydrogen (secondary N) is 1. The monoisotopic (exact) mass is 459 g/mol. The van der Waals surface area contributed by atoms with Crippen LogP contribution >= 0.6 is 24.8 Å². The molecule has 0 bridgehead atoms. The molecule has 3 N–H and O–H groups in total. The Kier molecular flexibility index (Phi) is 12.1. The van der Waals surface area contributed by atoms with Gasteiger partial charge in [0.15, 0.2) is 0 Å². The number of nitrogens with zero attached hydrogens (tertiary/aromatic N) is 1. The summed E-state index contributed by atoms with van der Waals surface area (Å²) in [5.74, 6) is -0.171. The van der Waals surface area contributed by atoms with Crippen molar-refractivity contribution in [1.82, 2.24) is 4.90 Å². The van der Waals surface area contributed by atoms with Gasteiger partial charge in [0.2, 0.25) is 5.91 Å². The lowest BCUT2D eigenvalue weighted by Crippen LogP contribution is -2.52. The fourth-order valence-electron chi connectivity index (χ4n) is 3.53. The first-order chi connectivity index (χ1) is 12.8. The van der Waals surface area contributed by atoms with Crippen molar-refractivity contribution in [3.63, 3.8) is 0 Å². The fourth-order valence-corrected chi connectivity index (χ4v) is 3.53. The first-order valence-corrected chi connectivity index (χ1v) is 9.34. The van der Waals surface area contributed by atoms with Gasteiger partial charge in [0.25, 0.3) is 0 Å². The molecule has 5 nitrogen and oxygen atoms in total. The first kappa shape index (κ1) is 27.9. The highest BCUT2D eigenvalue weighted by Gasteiger charge is 2.34. The number of hydrogen-bond donors (Lipinski definition) is 2. The summed E-state index contributed by atoms with van der Waals surface area (Å²) in [5.41, 5.74) is 5.16. The van der Waals surface area contributed by atoms with Crippen LogP contribution in [0.4, 0.5) is 18.9 Å². The summed E-state index contributed by atoms with van der Waals surface area (Å²) in [6.07, 6.45) is -2.88. The lowest BCUT2D eigenvalue weighted by atomic mass is 9.91. The molecule has 0 aromatic heterocycles. The molecule has 2 rings (SSSR count). The second kappa shape index (κ2) is 12.6. The topological polar surface area (TPSA) is 67.6 Å². The third kappa shape index (κ3) is 7.61. The number of alkyl halides is 3. The summed E-state index contributed by atoms with van der Waals surface area (Å²) in [4.78, 5) is 15.1. The third-order valence-electron chi connectivity index (χ3n) is 5.03. The van der Waals surface area contributed by atoms with Gasteiger partial charge in [-0.05, 0) is 29.7 Å². The van der Waals surface area contributed by atoms with Crippen molar-refractivity contribution in [3.05, 3.63) is 29.3 Å². The highest BCUT2D eigenvalue weighted by molar-refractivity contribution is 5.95. The summed E-state index contributed by atoms with van der Waals surface area (Å²) in [6.45, 7) is 6.36. The van der Waals surface area contributed by atoms with Crippen LogP contribution in [0.15, 0.2) is 18.2 Å². The minimum atomic E-state index is -4.50. The molecule has 1 atom stereocenters. The molecule has 0 saturated carbocycles. The van der Waals surface area contributed by atoms with Crippen molar-refractivity contribution in [2.24, 2.45) is 11.7 Å². The molecular formula is C19H30Cl2F3N3O2. The zero-order chi connectivity index (χ0) is 20.0. The zero-order valence-electron chi connectivity index (χ0n) is 16.6. The number of carbonyl (C=O) groups excluding carboxylic acids is 1. The SMILES string of the molecule is CCC(CC)C(C(=O)Nc1cc(CN)cc(C(F)(F)F)c1)N1CCOCC1.Cl.Cl. The van der Waals surface area contributed by atoms with Gasteiger partial charge in [-0.15, -0.1) is 24.8 Å². The van der Waals surface area contributed by atoms with E-state index < -0.39 is 17.8 Å². The molecule has 0 radical (unpaired) electrons. The zero-order valence-corrected chi connectivity index (χ0v) is 18.3. The summed E-state index contributed by atoms with van der Waals surface area (Å²) in [5, 5.41) is 2.70. The molecule has 1 saturated heterocycles. The Morgan fingerprint density at radius 1 is 1.17 bits per heavy atom. The number of nitrogens with two attached hydrogens (primary N) is 1. The molecule has 0 spiro atoms. The Morgan fingerprint density at radius 2 is 1.76 bits per heavy atom. The number of amides is 1. The number of carbonyl (C=O) groups is 1. The third-order valence-corrected chi connectivity index (χ3v) is 5.03. The molecular weight excluding hydrogens is 430 g/mol. The van der Waals surface area contributed by atoms with Crippen LogP contribution in [0.5, 0.6) is 0 Å². The van der Waals surface area contributed by atoms with Crippen LogP contribution in [0.3, 0.4) is 0 Å². The molecule has 168 valence electrons. The van der Waals surface area contributed by atoms with Crippen LogP contribution in [0, 0.1) is 5.92 Å². The average molecular weight is 460 g/mol. The minimum absolute atomic E-state index is 0. The Labute approximate surface area is 182 Å². The Bertz CT molecular complexity index is 638. The standard InChI is InChI=1S/C19H28F3N3O2.2ClH/c1-3-14(4-2)17(25-5-7-27-8-6-25)18(26)24-16-10-13(12-23)9-15(11-16)19(20,21)22;;/h9-11,14,17H,3-8,12,23H2,1-2H3,(H,24,26);2*1H. The van der Waals surface area contributed by atoms with Gasteiger partial charge in [0.1, 0.15) is 0 Å². The summed E-state index contributed by atoms with van der Waals surface area (Å²) in [6, 6.07) is 3.06. The van der Waals surface area contributed by atoms with Crippen LogP contribution < -0.4 is 11.1 Å². The molecule has 1 heterocycles. The number of hydrogen-bond acceptors (Lipinski definition) is 4. The van der Waals surface area contributed by atoms with Gasteiger partial charge in [-0.2, -0.15) is 13.2 Å². The highest BCUT2D eigenvalue weighted by atomic mass is 35.5. The first-order valence-electron chi connectivity index (χ1n) is 9.34. The molecule has 1 unspecified atom stereocenters. The van der Waals surface area contributed by atoms with E-state index >= 15 is 0 Å². The maximum Gasteiger partial charge on any atom is 0.416 e. The Balaban J connectivity index is 0.00000392. The maximum absolute atomic E-state index is 13.1. The van der Waals surface area contributed by atoms with E-state index in [1.54, 1.807) is 0 Å². The van der Waals surface area contributed by atoms with Gasteiger partial charge < -0.3 is 15.8 Å². The van der Waals surface area contributed by atoms with Gasteiger partial charge >= 0.3 is 6.18 Å². The van der Waals surface area contributed by atoms with E-state index in [1.165, 1.54) is 6.07 Å². The molecule has 0 aliphatic carbocycles.